The zero-order valence-electron chi connectivity index (χ0n) is 17.2. The smallest absolute Gasteiger partial charge is 0.165 e. The zero-order chi connectivity index (χ0) is 21.4. The standard InChI is InChI=1S/C24H23IN6/c1-15-11-18(27-12-15)8-10-21-22(25)23(26)31-24(30-21)19(14-29-31)17-7-9-20(28-13-17)16-5-3-2-4-6-16/h2-7,9,12-14,18,27H,8,10-11,26H2,1H3/t18-/m0/s1. The van der Waals surface area contributed by atoms with Crippen LogP contribution in [0.1, 0.15) is 25.5 Å². The zero-order valence-corrected chi connectivity index (χ0v) is 19.4. The van der Waals surface area contributed by atoms with Crippen molar-refractivity contribution in [1.29, 1.82) is 0 Å². The van der Waals surface area contributed by atoms with Gasteiger partial charge in [0, 0.05) is 28.9 Å². The number of nitrogens with two attached hydrogens (primary N) is 1. The second-order valence-electron chi connectivity index (χ2n) is 7.95. The van der Waals surface area contributed by atoms with E-state index in [9.17, 15) is 0 Å². The van der Waals surface area contributed by atoms with E-state index in [1.165, 1.54) is 5.57 Å². The van der Waals surface area contributed by atoms with Crippen LogP contribution in [0.3, 0.4) is 0 Å². The molecule has 1 aliphatic heterocycles. The summed E-state index contributed by atoms with van der Waals surface area (Å²) in [5.74, 6) is 0.634. The van der Waals surface area contributed by atoms with Crippen molar-refractivity contribution in [1.82, 2.24) is 24.9 Å². The monoisotopic (exact) mass is 522 g/mol. The van der Waals surface area contributed by atoms with Gasteiger partial charge in [0.05, 0.1) is 21.2 Å². The van der Waals surface area contributed by atoms with E-state index in [0.29, 0.717) is 11.9 Å². The molecule has 0 fully saturated rings. The highest BCUT2D eigenvalue weighted by Crippen LogP contribution is 2.29. The number of aromatic nitrogens is 4. The van der Waals surface area contributed by atoms with Gasteiger partial charge in [-0.15, -0.1) is 0 Å². The topological polar surface area (TPSA) is 81.1 Å². The minimum Gasteiger partial charge on any atom is -0.388 e. The van der Waals surface area contributed by atoms with Gasteiger partial charge in [-0.2, -0.15) is 9.61 Å². The molecule has 0 bridgehead atoms. The Bertz CT molecular complexity index is 1260. The number of nitrogens with zero attached hydrogens (tertiary/aromatic N) is 4. The van der Waals surface area contributed by atoms with Crippen LogP contribution in [0, 0.1) is 3.57 Å². The molecule has 7 heteroatoms. The lowest BCUT2D eigenvalue weighted by molar-refractivity contribution is 0.566. The van der Waals surface area contributed by atoms with Gasteiger partial charge in [-0.05, 0) is 61.0 Å². The number of nitrogens with one attached hydrogen (secondary N) is 1. The molecular formula is C24H23IN6. The molecule has 1 aromatic carbocycles. The van der Waals surface area contributed by atoms with Crippen LogP contribution in [-0.4, -0.2) is 25.6 Å². The summed E-state index contributed by atoms with van der Waals surface area (Å²) in [6.07, 6.45) is 8.79. The van der Waals surface area contributed by atoms with Crippen molar-refractivity contribution >= 4 is 34.1 Å². The van der Waals surface area contributed by atoms with Gasteiger partial charge in [-0.25, -0.2) is 4.98 Å². The van der Waals surface area contributed by atoms with Crippen molar-refractivity contribution in [3.63, 3.8) is 0 Å². The first-order chi connectivity index (χ1) is 15.1. The number of pyridine rings is 1. The molecule has 0 amide bonds. The lowest BCUT2D eigenvalue weighted by atomic mass is 10.1. The van der Waals surface area contributed by atoms with Crippen molar-refractivity contribution in [2.24, 2.45) is 0 Å². The summed E-state index contributed by atoms with van der Waals surface area (Å²) < 4.78 is 2.70. The van der Waals surface area contributed by atoms with Crippen molar-refractivity contribution < 1.29 is 0 Å². The summed E-state index contributed by atoms with van der Waals surface area (Å²) in [4.78, 5) is 9.63. The average molecular weight is 522 g/mol. The molecule has 1 aliphatic rings. The first-order valence-electron chi connectivity index (χ1n) is 10.4. The predicted octanol–water partition coefficient (Wildman–Crippen LogP) is 4.84. The molecule has 6 nitrogen and oxygen atoms in total. The molecule has 4 heterocycles. The third-order valence-electron chi connectivity index (χ3n) is 5.70. The van der Waals surface area contributed by atoms with Crippen LogP contribution in [0.15, 0.2) is 66.6 Å². The third kappa shape index (κ3) is 3.89. The summed E-state index contributed by atoms with van der Waals surface area (Å²) in [7, 11) is 0. The SMILES string of the molecule is CC1=CN[C@@H](CCc2nc3c(-c4ccc(-c5ccccc5)nc4)cnn3c(N)c2I)C1. The van der Waals surface area contributed by atoms with E-state index in [1.807, 2.05) is 36.7 Å². The van der Waals surface area contributed by atoms with Crippen LogP contribution in [0.2, 0.25) is 0 Å². The maximum atomic E-state index is 6.43. The van der Waals surface area contributed by atoms with Gasteiger partial charge in [0.2, 0.25) is 0 Å². The molecule has 4 aromatic rings. The van der Waals surface area contributed by atoms with Crippen LogP contribution < -0.4 is 11.1 Å². The maximum Gasteiger partial charge on any atom is 0.165 e. The number of halogens is 1. The Morgan fingerprint density at radius 1 is 1.13 bits per heavy atom. The number of benzene rings is 1. The van der Waals surface area contributed by atoms with Crippen LogP contribution in [0.25, 0.3) is 28.0 Å². The van der Waals surface area contributed by atoms with Crippen LogP contribution >= 0.6 is 22.6 Å². The van der Waals surface area contributed by atoms with Gasteiger partial charge in [0.25, 0.3) is 0 Å². The number of aryl methyl sites for hydroxylation is 1. The number of rotatable bonds is 5. The third-order valence-corrected chi connectivity index (χ3v) is 6.87. The average Bonchev–Trinajstić information content (AvgIpc) is 3.42. The van der Waals surface area contributed by atoms with Crippen molar-refractivity contribution in [3.8, 4) is 22.4 Å². The molecule has 0 saturated heterocycles. The number of anilines is 1. The fourth-order valence-corrected chi connectivity index (χ4v) is 4.63. The minimum atomic E-state index is 0.467. The highest BCUT2D eigenvalue weighted by atomic mass is 127. The number of fused-ring (bicyclic) bond motifs is 1. The number of nitrogen functional groups attached to an aromatic ring is 1. The summed E-state index contributed by atoms with van der Waals surface area (Å²) >= 11 is 2.28. The normalized spacial score (nSPS) is 15.8. The largest absolute Gasteiger partial charge is 0.388 e. The van der Waals surface area contributed by atoms with Gasteiger partial charge >= 0.3 is 0 Å². The minimum absolute atomic E-state index is 0.467. The van der Waals surface area contributed by atoms with Gasteiger partial charge in [-0.1, -0.05) is 42.0 Å². The Morgan fingerprint density at radius 2 is 1.97 bits per heavy atom. The van der Waals surface area contributed by atoms with Crippen LogP contribution in [-0.2, 0) is 6.42 Å². The molecule has 3 aromatic heterocycles. The molecule has 1 atom stereocenters. The molecule has 156 valence electrons. The van der Waals surface area contributed by atoms with E-state index < -0.39 is 0 Å². The number of hydrogen-bond donors (Lipinski definition) is 2. The van der Waals surface area contributed by atoms with Gasteiger partial charge in [0.1, 0.15) is 5.82 Å². The van der Waals surface area contributed by atoms with E-state index in [0.717, 1.165) is 56.6 Å². The van der Waals surface area contributed by atoms with E-state index in [4.69, 9.17) is 10.7 Å². The van der Waals surface area contributed by atoms with E-state index in [2.05, 4.69) is 69.3 Å². The van der Waals surface area contributed by atoms with Crippen molar-refractivity contribution in [2.45, 2.75) is 32.2 Å². The first kappa shape index (κ1) is 20.0. The Kier molecular flexibility index (Phi) is 5.35. The molecule has 0 saturated carbocycles. The highest BCUT2D eigenvalue weighted by molar-refractivity contribution is 14.1. The lowest BCUT2D eigenvalue weighted by Gasteiger charge is -2.13. The quantitative estimate of drug-likeness (QED) is 0.367. The second-order valence-corrected chi connectivity index (χ2v) is 9.03. The molecule has 5 rings (SSSR count). The van der Waals surface area contributed by atoms with Gasteiger partial charge in [0.15, 0.2) is 5.65 Å². The summed E-state index contributed by atoms with van der Waals surface area (Å²) in [6, 6.07) is 14.7. The van der Waals surface area contributed by atoms with Crippen molar-refractivity contribution in [2.75, 3.05) is 5.73 Å². The van der Waals surface area contributed by atoms with E-state index in [1.54, 1.807) is 4.52 Å². The molecule has 0 unspecified atom stereocenters. The fraction of sp³-hybridized carbons (Fsp3) is 0.208. The lowest BCUT2D eigenvalue weighted by Crippen LogP contribution is -2.20. The summed E-state index contributed by atoms with van der Waals surface area (Å²) in [6.45, 7) is 2.16. The molecule has 0 spiro atoms. The van der Waals surface area contributed by atoms with Gasteiger partial charge < -0.3 is 11.1 Å². The molecular weight excluding hydrogens is 499 g/mol. The van der Waals surface area contributed by atoms with Crippen LogP contribution in [0.4, 0.5) is 5.82 Å². The molecule has 0 aliphatic carbocycles. The Balaban J connectivity index is 1.46. The first-order valence-corrected chi connectivity index (χ1v) is 11.4. The predicted molar refractivity (Wildman–Crippen MR) is 132 cm³/mol. The Hall–Kier alpha value is -2.94. The highest BCUT2D eigenvalue weighted by Gasteiger charge is 2.19. The fourth-order valence-electron chi connectivity index (χ4n) is 4.01. The van der Waals surface area contributed by atoms with E-state index >= 15 is 0 Å². The molecule has 0 radical (unpaired) electrons. The summed E-state index contributed by atoms with van der Waals surface area (Å²) in [5.41, 5.74) is 13.6. The molecule has 31 heavy (non-hydrogen) atoms. The molecule has 3 N–H and O–H groups in total. The van der Waals surface area contributed by atoms with E-state index in [-0.39, 0.29) is 0 Å². The summed E-state index contributed by atoms with van der Waals surface area (Å²) in [5, 5.41) is 7.95. The van der Waals surface area contributed by atoms with Crippen molar-refractivity contribution in [3.05, 3.63) is 75.9 Å². The Morgan fingerprint density at radius 3 is 2.68 bits per heavy atom. The van der Waals surface area contributed by atoms with Gasteiger partial charge in [-0.3, -0.25) is 4.98 Å². The number of hydrogen-bond acceptors (Lipinski definition) is 5. The maximum absolute atomic E-state index is 6.43. The van der Waals surface area contributed by atoms with Crippen LogP contribution in [0.5, 0.6) is 0 Å². The second kappa shape index (κ2) is 8.30. The Labute approximate surface area is 194 Å².